The summed E-state index contributed by atoms with van der Waals surface area (Å²) in [7, 11) is 4.21. The Labute approximate surface area is 111 Å². The molecule has 0 aromatic heterocycles. The highest BCUT2D eigenvalue weighted by Crippen LogP contribution is 2.08. The van der Waals surface area contributed by atoms with Crippen LogP contribution in [0.25, 0.3) is 0 Å². The van der Waals surface area contributed by atoms with Gasteiger partial charge in [-0.2, -0.15) is 0 Å². The zero-order chi connectivity index (χ0) is 12.8. The summed E-state index contributed by atoms with van der Waals surface area (Å²) in [5, 5.41) is 10.2. The summed E-state index contributed by atoms with van der Waals surface area (Å²) in [5.74, 6) is 0. The van der Waals surface area contributed by atoms with Gasteiger partial charge in [-0.25, -0.2) is 0 Å². The van der Waals surface area contributed by atoms with Crippen LogP contribution in [0.3, 0.4) is 0 Å². The summed E-state index contributed by atoms with van der Waals surface area (Å²) >= 11 is 0. The van der Waals surface area contributed by atoms with Crippen LogP contribution in [0.2, 0.25) is 0 Å². The summed E-state index contributed by atoms with van der Waals surface area (Å²) in [6.45, 7) is 7.76. The van der Waals surface area contributed by atoms with Crippen LogP contribution >= 0.6 is 0 Å². The van der Waals surface area contributed by atoms with Gasteiger partial charge >= 0.3 is 0 Å². The van der Waals surface area contributed by atoms with Gasteiger partial charge in [-0.1, -0.05) is 0 Å². The van der Waals surface area contributed by atoms with Gasteiger partial charge in [-0.3, -0.25) is 0 Å². The van der Waals surface area contributed by atoms with Crippen LogP contribution in [0, 0.1) is 0 Å². The lowest BCUT2D eigenvalue weighted by molar-refractivity contribution is 0.183. The minimum atomic E-state index is 0.601. The van der Waals surface area contributed by atoms with E-state index < -0.39 is 0 Å². The van der Waals surface area contributed by atoms with E-state index in [9.17, 15) is 0 Å². The molecule has 0 amide bonds. The van der Waals surface area contributed by atoms with Gasteiger partial charge in [-0.15, -0.1) is 0 Å². The number of hydrogen-bond acceptors (Lipinski definition) is 5. The smallest absolute Gasteiger partial charge is 0.0434 e. The van der Waals surface area contributed by atoms with Crippen LogP contribution in [0.1, 0.15) is 6.42 Å². The van der Waals surface area contributed by atoms with Crippen LogP contribution < -0.4 is 16.0 Å². The second kappa shape index (κ2) is 6.97. The molecule has 2 aliphatic rings. The highest BCUT2D eigenvalue weighted by molar-refractivity contribution is 5.05. The summed E-state index contributed by atoms with van der Waals surface area (Å²) in [4.78, 5) is 4.88. The monoisotopic (exact) mass is 253 g/mol. The van der Waals surface area contributed by atoms with E-state index in [4.69, 9.17) is 0 Å². The Bertz CT molecular complexity index is 265. The van der Waals surface area contributed by atoms with Crippen LogP contribution in [-0.4, -0.2) is 75.8 Å². The molecule has 18 heavy (non-hydrogen) atoms. The van der Waals surface area contributed by atoms with Crippen molar-refractivity contribution < 1.29 is 0 Å². The molecule has 3 N–H and O–H groups in total. The van der Waals surface area contributed by atoms with Crippen molar-refractivity contribution >= 4 is 0 Å². The quantitative estimate of drug-likeness (QED) is 0.601. The Hall–Kier alpha value is -0.780. The molecule has 0 radical (unpaired) electrons. The third kappa shape index (κ3) is 3.86. The third-order valence-corrected chi connectivity index (χ3v) is 3.81. The maximum Gasteiger partial charge on any atom is 0.0434 e. The number of nitrogens with zero attached hydrogens (tertiary/aromatic N) is 2. The zero-order valence-corrected chi connectivity index (χ0v) is 11.7. The van der Waals surface area contributed by atoms with E-state index in [2.05, 4.69) is 39.0 Å². The van der Waals surface area contributed by atoms with Crippen molar-refractivity contribution in [2.24, 2.45) is 0 Å². The first-order chi connectivity index (χ1) is 8.79. The molecule has 2 heterocycles. The normalized spacial score (nSPS) is 26.7. The van der Waals surface area contributed by atoms with Crippen molar-refractivity contribution in [3.05, 3.63) is 11.9 Å². The van der Waals surface area contributed by atoms with E-state index in [1.807, 2.05) is 7.05 Å². The van der Waals surface area contributed by atoms with E-state index >= 15 is 0 Å². The fourth-order valence-corrected chi connectivity index (χ4v) is 2.54. The van der Waals surface area contributed by atoms with Crippen molar-refractivity contribution in [3.8, 4) is 0 Å². The predicted molar refractivity (Wildman–Crippen MR) is 75.5 cm³/mol. The number of rotatable bonds is 5. The van der Waals surface area contributed by atoms with E-state index in [1.165, 1.54) is 12.1 Å². The SMILES string of the molecule is CNC/C(=C\NC1CCNC1)N1CCN(C)CC1. The van der Waals surface area contributed by atoms with E-state index in [-0.39, 0.29) is 0 Å². The minimum Gasteiger partial charge on any atom is -0.385 e. The first-order valence-electron chi connectivity index (χ1n) is 7.03. The molecular formula is C13H27N5. The van der Waals surface area contributed by atoms with Crippen LogP contribution in [-0.2, 0) is 0 Å². The first-order valence-corrected chi connectivity index (χ1v) is 7.03. The van der Waals surface area contributed by atoms with Gasteiger partial charge in [0.1, 0.15) is 0 Å². The fraction of sp³-hybridized carbons (Fsp3) is 0.846. The fourth-order valence-electron chi connectivity index (χ4n) is 2.54. The lowest BCUT2D eigenvalue weighted by atomic mass is 10.2. The Morgan fingerprint density at radius 3 is 2.72 bits per heavy atom. The Morgan fingerprint density at radius 1 is 1.33 bits per heavy atom. The largest absolute Gasteiger partial charge is 0.385 e. The lowest BCUT2D eigenvalue weighted by Gasteiger charge is -2.35. The molecule has 1 atom stereocenters. The van der Waals surface area contributed by atoms with Crippen molar-refractivity contribution in [3.63, 3.8) is 0 Å². The molecule has 1 unspecified atom stereocenters. The van der Waals surface area contributed by atoms with Crippen LogP contribution in [0.15, 0.2) is 11.9 Å². The molecule has 2 saturated heterocycles. The molecule has 2 fully saturated rings. The van der Waals surface area contributed by atoms with Gasteiger partial charge in [-0.05, 0) is 27.1 Å². The highest BCUT2D eigenvalue weighted by atomic mass is 15.3. The van der Waals surface area contributed by atoms with Crippen molar-refractivity contribution in [1.29, 1.82) is 0 Å². The summed E-state index contributed by atoms with van der Waals surface area (Å²) in [5.41, 5.74) is 1.39. The van der Waals surface area contributed by atoms with Gasteiger partial charge in [0, 0.05) is 57.2 Å². The number of likely N-dealkylation sites (N-methyl/N-ethyl adjacent to an activating group) is 2. The topological polar surface area (TPSA) is 42.6 Å². The van der Waals surface area contributed by atoms with Crippen LogP contribution in [0.5, 0.6) is 0 Å². The Balaban J connectivity index is 1.87. The maximum absolute atomic E-state index is 3.56. The predicted octanol–water partition coefficient (Wildman–Crippen LogP) is -0.754. The summed E-state index contributed by atoms with van der Waals surface area (Å²) in [6.07, 6.45) is 3.45. The van der Waals surface area contributed by atoms with Gasteiger partial charge in [0.25, 0.3) is 0 Å². The van der Waals surface area contributed by atoms with Gasteiger partial charge in [0.05, 0.1) is 0 Å². The molecule has 0 aromatic rings. The van der Waals surface area contributed by atoms with Crippen molar-refractivity contribution in [2.45, 2.75) is 12.5 Å². The molecule has 0 saturated carbocycles. The van der Waals surface area contributed by atoms with Crippen LogP contribution in [0.4, 0.5) is 0 Å². The molecule has 5 heteroatoms. The number of nitrogens with one attached hydrogen (secondary N) is 3. The zero-order valence-electron chi connectivity index (χ0n) is 11.7. The second-order valence-electron chi connectivity index (χ2n) is 5.31. The minimum absolute atomic E-state index is 0.601. The standard InChI is InChI=1S/C13H27N5/c1-14-10-13(11-16-12-3-4-15-9-12)18-7-5-17(2)6-8-18/h11-12,14-16H,3-10H2,1-2H3/b13-11+. The van der Waals surface area contributed by atoms with Gasteiger partial charge < -0.3 is 25.8 Å². The molecule has 0 aliphatic carbocycles. The molecular weight excluding hydrogens is 226 g/mol. The van der Waals surface area contributed by atoms with E-state index in [0.717, 1.165) is 45.8 Å². The number of piperazine rings is 1. The number of hydrogen-bond donors (Lipinski definition) is 3. The molecule has 0 bridgehead atoms. The van der Waals surface area contributed by atoms with Crippen molar-refractivity contribution in [1.82, 2.24) is 25.8 Å². The maximum atomic E-state index is 3.56. The second-order valence-corrected chi connectivity index (χ2v) is 5.31. The Kier molecular flexibility index (Phi) is 5.28. The average molecular weight is 253 g/mol. The third-order valence-electron chi connectivity index (χ3n) is 3.81. The highest BCUT2D eigenvalue weighted by Gasteiger charge is 2.17. The summed E-state index contributed by atoms with van der Waals surface area (Å²) < 4.78 is 0. The molecule has 2 aliphatic heterocycles. The Morgan fingerprint density at radius 2 is 2.11 bits per heavy atom. The van der Waals surface area contributed by atoms with E-state index in [1.54, 1.807) is 0 Å². The molecule has 0 aromatic carbocycles. The molecule has 5 nitrogen and oxygen atoms in total. The lowest BCUT2D eigenvalue weighted by Crippen LogP contribution is -2.45. The van der Waals surface area contributed by atoms with E-state index in [0.29, 0.717) is 6.04 Å². The first kappa shape index (κ1) is 13.6. The van der Waals surface area contributed by atoms with Gasteiger partial charge in [0.15, 0.2) is 0 Å². The summed E-state index contributed by atoms with van der Waals surface area (Å²) in [6, 6.07) is 0.601. The average Bonchev–Trinajstić information content (AvgIpc) is 2.89. The molecule has 104 valence electrons. The molecule has 2 rings (SSSR count). The van der Waals surface area contributed by atoms with Crippen molar-refractivity contribution in [2.75, 3.05) is 59.9 Å². The van der Waals surface area contributed by atoms with Gasteiger partial charge in [0.2, 0.25) is 0 Å². The molecule has 0 spiro atoms.